The lowest BCUT2D eigenvalue weighted by molar-refractivity contribution is 0.545. The molecule has 0 bridgehead atoms. The fraction of sp³-hybridized carbons (Fsp3) is 0.700. The average molecular weight is 196 g/mol. The van der Waals surface area contributed by atoms with Crippen LogP contribution in [-0.4, -0.2) is 4.98 Å². The normalized spacial score (nSPS) is 18.2. The fourth-order valence-electron chi connectivity index (χ4n) is 2.01. The number of aryl methyl sites for hydroxylation is 1. The predicted molar refractivity (Wildman–Crippen MR) is 56.9 cm³/mol. The van der Waals surface area contributed by atoms with Gasteiger partial charge in [-0.25, -0.2) is 4.98 Å². The second-order valence-electron chi connectivity index (χ2n) is 3.90. The van der Waals surface area contributed by atoms with Crippen molar-refractivity contribution in [1.29, 1.82) is 0 Å². The van der Waals surface area contributed by atoms with Crippen molar-refractivity contribution in [2.45, 2.75) is 39.0 Å². The van der Waals surface area contributed by atoms with E-state index >= 15 is 0 Å². The van der Waals surface area contributed by atoms with Gasteiger partial charge in [0, 0.05) is 11.3 Å². The Hall–Kier alpha value is -0.570. The summed E-state index contributed by atoms with van der Waals surface area (Å²) in [5, 5.41) is 1.24. The van der Waals surface area contributed by atoms with Crippen molar-refractivity contribution in [3.8, 4) is 0 Å². The zero-order chi connectivity index (χ0) is 9.26. The molecule has 1 aliphatic rings. The fourth-order valence-corrected chi connectivity index (χ4v) is 2.98. The molecular formula is C10H16N2S. The van der Waals surface area contributed by atoms with Crippen LogP contribution in [0.25, 0.3) is 0 Å². The zero-order valence-electron chi connectivity index (χ0n) is 8.05. The van der Waals surface area contributed by atoms with E-state index in [1.165, 1.54) is 35.6 Å². The molecule has 0 aromatic carbocycles. The molecule has 0 radical (unpaired) electrons. The van der Waals surface area contributed by atoms with E-state index in [1.54, 1.807) is 11.3 Å². The first-order valence-electron chi connectivity index (χ1n) is 4.97. The van der Waals surface area contributed by atoms with E-state index in [0.717, 1.165) is 18.2 Å². The van der Waals surface area contributed by atoms with Crippen molar-refractivity contribution in [2.75, 3.05) is 5.73 Å². The maximum absolute atomic E-state index is 5.71. The summed E-state index contributed by atoms with van der Waals surface area (Å²) in [5.41, 5.74) is 5.71. The number of aromatic nitrogens is 1. The highest BCUT2D eigenvalue weighted by molar-refractivity contribution is 7.12. The molecule has 1 aromatic rings. The third-order valence-electron chi connectivity index (χ3n) is 2.81. The lowest BCUT2D eigenvalue weighted by atomic mass is 10.1. The quantitative estimate of drug-likeness (QED) is 0.790. The second-order valence-corrected chi connectivity index (χ2v) is 5.19. The molecule has 0 spiro atoms. The van der Waals surface area contributed by atoms with Crippen molar-refractivity contribution in [2.24, 2.45) is 5.92 Å². The number of thiazole rings is 1. The van der Waals surface area contributed by atoms with Gasteiger partial charge in [0.15, 0.2) is 0 Å². The Kier molecular flexibility index (Phi) is 2.54. The Bertz CT molecular complexity index is 268. The summed E-state index contributed by atoms with van der Waals surface area (Å²) in [6, 6.07) is 0. The Labute approximate surface area is 83.2 Å². The van der Waals surface area contributed by atoms with E-state index in [0.29, 0.717) is 0 Å². The van der Waals surface area contributed by atoms with Crippen molar-refractivity contribution in [3.05, 3.63) is 9.88 Å². The van der Waals surface area contributed by atoms with Gasteiger partial charge in [-0.1, -0.05) is 25.7 Å². The van der Waals surface area contributed by atoms with Gasteiger partial charge in [0.05, 0.1) is 5.01 Å². The van der Waals surface area contributed by atoms with Crippen molar-refractivity contribution < 1.29 is 0 Å². The lowest BCUT2D eigenvalue weighted by Crippen LogP contribution is -1.98. The molecule has 0 saturated heterocycles. The first-order valence-corrected chi connectivity index (χ1v) is 5.79. The Morgan fingerprint density at radius 3 is 2.69 bits per heavy atom. The van der Waals surface area contributed by atoms with Crippen LogP contribution in [0, 0.1) is 12.8 Å². The smallest absolute Gasteiger partial charge is 0.137 e. The van der Waals surface area contributed by atoms with E-state index < -0.39 is 0 Å². The minimum Gasteiger partial charge on any atom is -0.383 e. The van der Waals surface area contributed by atoms with E-state index in [9.17, 15) is 0 Å². The number of nitrogen functional groups attached to an aromatic ring is 1. The summed E-state index contributed by atoms with van der Waals surface area (Å²) in [5.74, 6) is 1.61. The molecule has 1 fully saturated rings. The first kappa shape index (κ1) is 9.00. The highest BCUT2D eigenvalue weighted by Crippen LogP contribution is 2.30. The van der Waals surface area contributed by atoms with Gasteiger partial charge < -0.3 is 5.73 Å². The molecule has 72 valence electrons. The van der Waals surface area contributed by atoms with Gasteiger partial charge in [0.2, 0.25) is 0 Å². The van der Waals surface area contributed by atoms with Crippen LogP contribution >= 0.6 is 11.3 Å². The standard InChI is InChI=1S/C10H16N2S/c1-7-10(11)12-9(13-7)6-8-4-2-3-5-8/h8H,2-6,11H2,1H3. The summed E-state index contributed by atoms with van der Waals surface area (Å²) >= 11 is 1.77. The van der Waals surface area contributed by atoms with E-state index in [4.69, 9.17) is 5.73 Å². The van der Waals surface area contributed by atoms with Crippen LogP contribution in [0.15, 0.2) is 0 Å². The monoisotopic (exact) mass is 196 g/mol. The number of anilines is 1. The van der Waals surface area contributed by atoms with Crippen molar-refractivity contribution >= 4 is 17.2 Å². The molecule has 3 heteroatoms. The zero-order valence-corrected chi connectivity index (χ0v) is 8.86. The molecule has 13 heavy (non-hydrogen) atoms. The molecule has 1 heterocycles. The summed E-state index contributed by atoms with van der Waals surface area (Å²) in [6.07, 6.45) is 6.74. The van der Waals surface area contributed by atoms with Crippen LogP contribution in [0.3, 0.4) is 0 Å². The summed E-state index contributed by atoms with van der Waals surface area (Å²) in [7, 11) is 0. The molecule has 2 N–H and O–H groups in total. The molecule has 0 atom stereocenters. The summed E-state index contributed by atoms with van der Waals surface area (Å²) in [4.78, 5) is 5.54. The predicted octanol–water partition coefficient (Wildman–Crippen LogP) is 2.77. The van der Waals surface area contributed by atoms with E-state index in [1.807, 2.05) is 6.92 Å². The van der Waals surface area contributed by atoms with Gasteiger partial charge in [0.25, 0.3) is 0 Å². The third kappa shape index (κ3) is 2.02. The Morgan fingerprint density at radius 2 is 2.15 bits per heavy atom. The SMILES string of the molecule is Cc1sc(CC2CCCC2)nc1N. The second kappa shape index (κ2) is 3.66. The molecule has 0 aliphatic heterocycles. The molecule has 1 aromatic heterocycles. The highest BCUT2D eigenvalue weighted by Gasteiger charge is 2.17. The van der Waals surface area contributed by atoms with Crippen LogP contribution in [0.4, 0.5) is 5.82 Å². The molecule has 2 rings (SSSR count). The maximum Gasteiger partial charge on any atom is 0.137 e. The van der Waals surface area contributed by atoms with Gasteiger partial charge in [-0.15, -0.1) is 11.3 Å². The number of hydrogen-bond acceptors (Lipinski definition) is 3. The van der Waals surface area contributed by atoms with Crippen molar-refractivity contribution in [3.63, 3.8) is 0 Å². The average Bonchev–Trinajstić information content (AvgIpc) is 2.64. The number of nitrogens with zero attached hydrogens (tertiary/aromatic N) is 1. The first-order chi connectivity index (χ1) is 6.25. The van der Waals surface area contributed by atoms with Crippen LogP contribution < -0.4 is 5.73 Å². The lowest BCUT2D eigenvalue weighted by Gasteiger charge is -2.04. The maximum atomic E-state index is 5.71. The molecule has 1 aliphatic carbocycles. The topological polar surface area (TPSA) is 38.9 Å². The summed E-state index contributed by atoms with van der Waals surface area (Å²) in [6.45, 7) is 2.05. The van der Waals surface area contributed by atoms with E-state index in [-0.39, 0.29) is 0 Å². The summed E-state index contributed by atoms with van der Waals surface area (Å²) < 4.78 is 0. The molecular weight excluding hydrogens is 180 g/mol. The number of rotatable bonds is 2. The van der Waals surface area contributed by atoms with Gasteiger partial charge >= 0.3 is 0 Å². The highest BCUT2D eigenvalue weighted by atomic mass is 32.1. The number of hydrogen-bond donors (Lipinski definition) is 1. The van der Waals surface area contributed by atoms with Crippen LogP contribution in [0.2, 0.25) is 0 Å². The Balaban J connectivity index is 2.00. The molecule has 2 nitrogen and oxygen atoms in total. The van der Waals surface area contributed by atoms with Gasteiger partial charge in [-0.3, -0.25) is 0 Å². The molecule has 0 unspecified atom stereocenters. The van der Waals surface area contributed by atoms with Gasteiger partial charge in [-0.05, 0) is 12.8 Å². The number of nitrogens with two attached hydrogens (primary N) is 1. The Morgan fingerprint density at radius 1 is 1.46 bits per heavy atom. The van der Waals surface area contributed by atoms with Crippen molar-refractivity contribution in [1.82, 2.24) is 4.98 Å². The van der Waals surface area contributed by atoms with Crippen LogP contribution in [0.5, 0.6) is 0 Å². The van der Waals surface area contributed by atoms with Crippen LogP contribution in [0.1, 0.15) is 35.6 Å². The minimum atomic E-state index is 0.734. The third-order valence-corrected chi connectivity index (χ3v) is 3.82. The largest absolute Gasteiger partial charge is 0.383 e. The molecule has 0 amide bonds. The van der Waals surface area contributed by atoms with Gasteiger partial charge in [0.1, 0.15) is 5.82 Å². The van der Waals surface area contributed by atoms with Crippen LogP contribution in [-0.2, 0) is 6.42 Å². The van der Waals surface area contributed by atoms with E-state index in [2.05, 4.69) is 4.98 Å². The minimum absolute atomic E-state index is 0.734. The molecule has 1 saturated carbocycles. The van der Waals surface area contributed by atoms with Gasteiger partial charge in [-0.2, -0.15) is 0 Å².